The summed E-state index contributed by atoms with van der Waals surface area (Å²) in [7, 11) is 0. The lowest BCUT2D eigenvalue weighted by molar-refractivity contribution is -0.115. The minimum absolute atomic E-state index is 0.157. The fraction of sp³-hybridized carbons (Fsp3) is 0.333. The Kier molecular flexibility index (Phi) is 5.77. The van der Waals surface area contributed by atoms with E-state index in [-0.39, 0.29) is 16.3 Å². The van der Waals surface area contributed by atoms with E-state index in [2.05, 4.69) is 25.8 Å². The van der Waals surface area contributed by atoms with Crippen molar-refractivity contribution >= 4 is 51.4 Å². The fourth-order valence-electron chi connectivity index (χ4n) is 1.40. The van der Waals surface area contributed by atoms with Crippen LogP contribution in [0.1, 0.15) is 13.8 Å². The quantitative estimate of drug-likeness (QED) is 0.619. The van der Waals surface area contributed by atoms with Gasteiger partial charge in [0.1, 0.15) is 0 Å². The van der Waals surface area contributed by atoms with Crippen molar-refractivity contribution in [2.24, 2.45) is 0 Å². The molecule has 0 aliphatic rings. The van der Waals surface area contributed by atoms with Gasteiger partial charge in [0, 0.05) is 12.7 Å². The van der Waals surface area contributed by atoms with Crippen molar-refractivity contribution in [2.75, 3.05) is 17.2 Å². The van der Waals surface area contributed by atoms with Crippen LogP contribution in [0.2, 0.25) is 5.15 Å². The number of halogens is 1. The molecule has 6 nitrogen and oxygen atoms in total. The zero-order valence-corrected chi connectivity index (χ0v) is 13.8. The van der Waals surface area contributed by atoms with Gasteiger partial charge in [-0.2, -0.15) is 0 Å². The van der Waals surface area contributed by atoms with Crippen LogP contribution in [-0.2, 0) is 4.79 Å². The lowest BCUT2D eigenvalue weighted by atomic mass is 10.4. The van der Waals surface area contributed by atoms with E-state index >= 15 is 0 Å². The topological polar surface area (TPSA) is 79.8 Å². The smallest absolute Gasteiger partial charge is 0.237 e. The average molecular weight is 344 g/mol. The molecule has 0 bridgehead atoms. The summed E-state index contributed by atoms with van der Waals surface area (Å²) in [4.78, 5) is 16.0. The number of nitrogens with one attached hydrogen (secondary N) is 2. The molecule has 2 aromatic heterocycles. The SMILES string of the molecule is CCNc1nnc(S[C@H](C)C(=O)Nc2cccnc2Cl)s1. The molecule has 2 aromatic rings. The molecule has 21 heavy (non-hydrogen) atoms. The van der Waals surface area contributed by atoms with Gasteiger partial charge in [0.2, 0.25) is 11.0 Å². The van der Waals surface area contributed by atoms with Crippen molar-refractivity contribution in [3.63, 3.8) is 0 Å². The molecule has 0 aromatic carbocycles. The van der Waals surface area contributed by atoms with Gasteiger partial charge in [-0.15, -0.1) is 10.2 Å². The van der Waals surface area contributed by atoms with Crippen LogP contribution >= 0.6 is 34.7 Å². The van der Waals surface area contributed by atoms with Crippen molar-refractivity contribution < 1.29 is 4.79 Å². The first kappa shape index (κ1) is 16.0. The summed E-state index contributed by atoms with van der Waals surface area (Å²) in [6.45, 7) is 4.58. The number of pyridine rings is 1. The Morgan fingerprint density at radius 1 is 1.52 bits per heavy atom. The molecule has 9 heteroatoms. The summed E-state index contributed by atoms with van der Waals surface area (Å²) in [6, 6.07) is 3.42. The normalized spacial score (nSPS) is 12.0. The molecule has 0 saturated carbocycles. The van der Waals surface area contributed by atoms with Gasteiger partial charge in [0.25, 0.3) is 0 Å². The molecule has 2 rings (SSSR count). The molecule has 0 radical (unpaired) electrons. The number of hydrogen-bond donors (Lipinski definition) is 2. The van der Waals surface area contributed by atoms with Crippen LogP contribution in [0, 0.1) is 0 Å². The Hall–Kier alpha value is -1.38. The Morgan fingerprint density at radius 3 is 3.05 bits per heavy atom. The second-order valence-electron chi connectivity index (χ2n) is 3.99. The molecule has 0 saturated heterocycles. The van der Waals surface area contributed by atoms with Crippen LogP contribution in [0.4, 0.5) is 10.8 Å². The van der Waals surface area contributed by atoms with E-state index in [1.807, 2.05) is 6.92 Å². The maximum atomic E-state index is 12.1. The number of hydrogen-bond acceptors (Lipinski definition) is 7. The zero-order chi connectivity index (χ0) is 15.2. The highest BCUT2D eigenvalue weighted by Crippen LogP contribution is 2.29. The molecule has 0 aliphatic heterocycles. The number of rotatable bonds is 6. The molecule has 112 valence electrons. The number of carbonyl (C=O) groups excluding carboxylic acids is 1. The van der Waals surface area contributed by atoms with Crippen molar-refractivity contribution in [2.45, 2.75) is 23.4 Å². The average Bonchev–Trinajstić information content (AvgIpc) is 2.89. The summed E-state index contributed by atoms with van der Waals surface area (Å²) in [5.41, 5.74) is 0.502. The molecule has 0 fully saturated rings. The molecule has 2 heterocycles. The number of nitrogens with zero attached hydrogens (tertiary/aromatic N) is 3. The van der Waals surface area contributed by atoms with Crippen molar-refractivity contribution in [1.29, 1.82) is 0 Å². The third-order valence-electron chi connectivity index (χ3n) is 2.40. The van der Waals surface area contributed by atoms with Crippen LogP contribution in [0.15, 0.2) is 22.7 Å². The number of carbonyl (C=O) groups is 1. The van der Waals surface area contributed by atoms with Gasteiger partial charge in [-0.1, -0.05) is 34.7 Å². The second-order valence-corrected chi connectivity index (χ2v) is 6.92. The summed E-state index contributed by atoms with van der Waals surface area (Å²) >= 11 is 8.69. The molecular weight excluding hydrogens is 330 g/mol. The van der Waals surface area contributed by atoms with Gasteiger partial charge in [0.15, 0.2) is 9.49 Å². The lowest BCUT2D eigenvalue weighted by Crippen LogP contribution is -2.22. The molecule has 0 spiro atoms. The maximum absolute atomic E-state index is 12.1. The van der Waals surface area contributed by atoms with Gasteiger partial charge < -0.3 is 10.6 Å². The third-order valence-corrected chi connectivity index (χ3v) is 4.76. The summed E-state index contributed by atoms with van der Waals surface area (Å²) in [5.74, 6) is -0.157. The molecular formula is C12H14ClN5OS2. The first-order chi connectivity index (χ1) is 10.1. The van der Waals surface area contributed by atoms with Crippen LogP contribution in [0.3, 0.4) is 0 Å². The van der Waals surface area contributed by atoms with Crippen LogP contribution in [0.25, 0.3) is 0 Å². The predicted octanol–water partition coefficient (Wildman–Crippen LogP) is 3.14. The van der Waals surface area contributed by atoms with Gasteiger partial charge >= 0.3 is 0 Å². The highest BCUT2D eigenvalue weighted by atomic mass is 35.5. The largest absolute Gasteiger partial charge is 0.360 e. The van der Waals surface area contributed by atoms with E-state index in [0.717, 1.165) is 16.0 Å². The van der Waals surface area contributed by atoms with Crippen LogP contribution in [-0.4, -0.2) is 32.9 Å². The van der Waals surface area contributed by atoms with E-state index in [9.17, 15) is 4.79 Å². The van der Waals surface area contributed by atoms with Crippen molar-refractivity contribution in [1.82, 2.24) is 15.2 Å². The monoisotopic (exact) mass is 343 g/mol. The van der Waals surface area contributed by atoms with Gasteiger partial charge in [0.05, 0.1) is 10.9 Å². The minimum Gasteiger partial charge on any atom is -0.360 e. The van der Waals surface area contributed by atoms with E-state index in [1.165, 1.54) is 23.1 Å². The Labute approximate surface area is 135 Å². The number of anilines is 2. The molecule has 0 unspecified atom stereocenters. The molecule has 2 N–H and O–H groups in total. The highest BCUT2D eigenvalue weighted by Gasteiger charge is 2.18. The van der Waals surface area contributed by atoms with E-state index in [4.69, 9.17) is 11.6 Å². The third kappa shape index (κ3) is 4.55. The summed E-state index contributed by atoms with van der Waals surface area (Å²) in [6.07, 6.45) is 1.57. The Balaban J connectivity index is 1.94. The highest BCUT2D eigenvalue weighted by molar-refractivity contribution is 8.02. The summed E-state index contributed by atoms with van der Waals surface area (Å²) < 4.78 is 0.742. The fourth-order valence-corrected chi connectivity index (χ4v) is 3.53. The first-order valence-corrected chi connectivity index (χ1v) is 8.33. The van der Waals surface area contributed by atoms with Crippen molar-refractivity contribution in [3.05, 3.63) is 23.5 Å². The molecule has 0 aliphatic carbocycles. The number of aromatic nitrogens is 3. The number of amides is 1. The molecule has 1 amide bonds. The number of thioether (sulfide) groups is 1. The van der Waals surface area contributed by atoms with E-state index < -0.39 is 0 Å². The van der Waals surface area contributed by atoms with E-state index in [1.54, 1.807) is 25.3 Å². The van der Waals surface area contributed by atoms with Gasteiger partial charge in [-0.25, -0.2) is 4.98 Å². The van der Waals surface area contributed by atoms with Crippen LogP contribution in [0.5, 0.6) is 0 Å². The minimum atomic E-state index is -0.316. The Bertz CT molecular complexity index is 621. The maximum Gasteiger partial charge on any atom is 0.237 e. The van der Waals surface area contributed by atoms with Gasteiger partial charge in [-0.05, 0) is 26.0 Å². The first-order valence-electron chi connectivity index (χ1n) is 6.25. The van der Waals surface area contributed by atoms with Gasteiger partial charge in [-0.3, -0.25) is 4.79 Å². The van der Waals surface area contributed by atoms with E-state index in [0.29, 0.717) is 5.69 Å². The standard InChI is InChI=1S/C12H14ClN5OS2/c1-3-14-11-17-18-12(21-11)20-7(2)10(19)16-8-5-4-6-15-9(8)13/h4-7H,3H2,1-2H3,(H,14,17)(H,16,19)/t7-/m1/s1. The predicted molar refractivity (Wildman–Crippen MR) is 87.3 cm³/mol. The lowest BCUT2D eigenvalue weighted by Gasteiger charge is -2.10. The van der Waals surface area contributed by atoms with Crippen LogP contribution < -0.4 is 10.6 Å². The second kappa shape index (κ2) is 7.58. The molecule has 1 atom stereocenters. The van der Waals surface area contributed by atoms with Crippen molar-refractivity contribution in [3.8, 4) is 0 Å². The summed E-state index contributed by atoms with van der Waals surface area (Å²) in [5, 5.41) is 14.6. The Morgan fingerprint density at radius 2 is 2.33 bits per heavy atom. The zero-order valence-electron chi connectivity index (χ0n) is 11.5.